The molecule has 2 nitrogen and oxygen atoms in total. The molecule has 0 aliphatic carbocycles. The number of unbranched alkanes of at least 4 members (excludes halogenated alkanes) is 1. The summed E-state index contributed by atoms with van der Waals surface area (Å²) in [5, 5.41) is 1.22. The third-order valence-corrected chi connectivity index (χ3v) is 4.03. The highest BCUT2D eigenvalue weighted by atomic mass is 16.5. The average Bonchev–Trinajstić information content (AvgIpc) is 2.60. The van der Waals surface area contributed by atoms with Gasteiger partial charge in [0.1, 0.15) is 5.75 Å². The molecule has 3 aromatic rings. The number of fused-ring (bicyclic) bond motifs is 1. The van der Waals surface area contributed by atoms with Crippen LogP contribution in [0.5, 0.6) is 5.75 Å². The van der Waals surface area contributed by atoms with Gasteiger partial charge in [-0.2, -0.15) is 0 Å². The molecule has 0 saturated carbocycles. The third kappa shape index (κ3) is 3.70. The quantitative estimate of drug-likeness (QED) is 0.587. The Morgan fingerprint density at radius 1 is 0.913 bits per heavy atom. The Hall–Kier alpha value is -2.35. The molecule has 2 heteroatoms. The molecule has 2 aromatic carbocycles. The zero-order valence-corrected chi connectivity index (χ0v) is 13.9. The summed E-state index contributed by atoms with van der Waals surface area (Å²) in [4.78, 5) is 4.80. The Morgan fingerprint density at radius 3 is 2.48 bits per heavy atom. The van der Waals surface area contributed by atoms with Crippen molar-refractivity contribution in [2.24, 2.45) is 0 Å². The highest BCUT2D eigenvalue weighted by Gasteiger charge is 2.03. The number of ether oxygens (including phenoxy) is 1. The molecule has 0 N–H and O–H groups in total. The summed E-state index contributed by atoms with van der Waals surface area (Å²) in [5.74, 6) is 0.901. The van der Waals surface area contributed by atoms with Crippen molar-refractivity contribution in [3.05, 3.63) is 60.2 Å². The lowest BCUT2D eigenvalue weighted by Gasteiger charge is -2.07. The molecule has 0 unspecified atom stereocenters. The number of hydrogen-bond donors (Lipinski definition) is 0. The van der Waals surface area contributed by atoms with Crippen LogP contribution in [-0.2, 0) is 6.42 Å². The SMILES string of the molecule is CCCCc1ccc2nc(-c3ccc(OCC)cc3)ccc2c1. The predicted octanol–water partition coefficient (Wildman–Crippen LogP) is 5.64. The highest BCUT2D eigenvalue weighted by molar-refractivity contribution is 5.82. The van der Waals surface area contributed by atoms with E-state index >= 15 is 0 Å². The minimum atomic E-state index is 0.688. The minimum absolute atomic E-state index is 0.688. The van der Waals surface area contributed by atoms with Crippen LogP contribution in [0.1, 0.15) is 32.3 Å². The van der Waals surface area contributed by atoms with Crippen molar-refractivity contribution in [3.63, 3.8) is 0 Å². The van der Waals surface area contributed by atoms with Crippen LogP contribution in [-0.4, -0.2) is 11.6 Å². The molecule has 0 bridgehead atoms. The van der Waals surface area contributed by atoms with E-state index in [1.165, 1.54) is 23.8 Å². The molecular weight excluding hydrogens is 282 g/mol. The van der Waals surface area contributed by atoms with Crippen molar-refractivity contribution in [2.45, 2.75) is 33.1 Å². The van der Waals surface area contributed by atoms with Crippen LogP contribution >= 0.6 is 0 Å². The molecule has 0 amide bonds. The van der Waals surface area contributed by atoms with Gasteiger partial charge in [0, 0.05) is 10.9 Å². The van der Waals surface area contributed by atoms with Crippen molar-refractivity contribution < 1.29 is 4.74 Å². The number of aromatic nitrogens is 1. The maximum atomic E-state index is 5.49. The predicted molar refractivity (Wildman–Crippen MR) is 97.0 cm³/mol. The van der Waals surface area contributed by atoms with Gasteiger partial charge in [-0.05, 0) is 67.8 Å². The summed E-state index contributed by atoms with van der Waals surface area (Å²) in [6.07, 6.45) is 3.61. The molecule has 0 radical (unpaired) electrons. The first-order chi connectivity index (χ1) is 11.3. The van der Waals surface area contributed by atoms with Gasteiger partial charge in [0.15, 0.2) is 0 Å². The van der Waals surface area contributed by atoms with Crippen molar-refractivity contribution in [1.82, 2.24) is 4.98 Å². The number of benzene rings is 2. The lowest BCUT2D eigenvalue weighted by molar-refractivity contribution is 0.340. The first-order valence-electron chi connectivity index (χ1n) is 8.43. The molecule has 0 aliphatic rings. The summed E-state index contributed by atoms with van der Waals surface area (Å²) < 4.78 is 5.49. The van der Waals surface area contributed by atoms with E-state index < -0.39 is 0 Å². The molecule has 0 fully saturated rings. The van der Waals surface area contributed by atoms with Crippen LogP contribution in [0.2, 0.25) is 0 Å². The van der Waals surface area contributed by atoms with E-state index in [1.807, 2.05) is 19.1 Å². The molecule has 1 aromatic heterocycles. The second-order valence-electron chi connectivity index (χ2n) is 5.78. The number of hydrogen-bond acceptors (Lipinski definition) is 2. The van der Waals surface area contributed by atoms with E-state index in [4.69, 9.17) is 9.72 Å². The van der Waals surface area contributed by atoms with E-state index in [2.05, 4.69) is 49.4 Å². The Labute approximate surface area is 138 Å². The zero-order chi connectivity index (χ0) is 16.1. The largest absolute Gasteiger partial charge is 0.494 e. The standard InChI is InChI=1S/C21H23NO/c1-3-5-6-16-7-13-21-18(15-16)10-14-20(22-21)17-8-11-19(12-9-17)23-4-2/h7-15H,3-6H2,1-2H3. The molecule has 0 aliphatic heterocycles. The molecule has 118 valence electrons. The van der Waals surface area contributed by atoms with E-state index in [9.17, 15) is 0 Å². The van der Waals surface area contributed by atoms with Gasteiger partial charge in [0.2, 0.25) is 0 Å². The number of rotatable bonds is 6. The van der Waals surface area contributed by atoms with Gasteiger partial charge in [0.05, 0.1) is 17.8 Å². The minimum Gasteiger partial charge on any atom is -0.494 e. The van der Waals surface area contributed by atoms with Crippen LogP contribution in [0.3, 0.4) is 0 Å². The van der Waals surface area contributed by atoms with Gasteiger partial charge in [-0.15, -0.1) is 0 Å². The molecular formula is C21H23NO. The second kappa shape index (κ2) is 7.28. The highest BCUT2D eigenvalue weighted by Crippen LogP contribution is 2.24. The lowest BCUT2D eigenvalue weighted by atomic mass is 10.0. The van der Waals surface area contributed by atoms with E-state index in [1.54, 1.807) is 0 Å². The topological polar surface area (TPSA) is 22.1 Å². The Morgan fingerprint density at radius 2 is 1.74 bits per heavy atom. The van der Waals surface area contributed by atoms with Crippen molar-refractivity contribution in [2.75, 3.05) is 6.61 Å². The van der Waals surface area contributed by atoms with Crippen LogP contribution in [0.4, 0.5) is 0 Å². The van der Waals surface area contributed by atoms with Crippen molar-refractivity contribution >= 4 is 10.9 Å². The summed E-state index contributed by atoms with van der Waals surface area (Å²) in [5.41, 5.74) is 4.57. The van der Waals surface area contributed by atoms with E-state index in [0.29, 0.717) is 6.61 Å². The third-order valence-electron chi connectivity index (χ3n) is 4.03. The summed E-state index contributed by atoms with van der Waals surface area (Å²) in [7, 11) is 0. The first kappa shape index (κ1) is 15.5. The Bertz CT molecular complexity index is 777. The smallest absolute Gasteiger partial charge is 0.119 e. The number of nitrogens with zero attached hydrogens (tertiary/aromatic N) is 1. The Balaban J connectivity index is 1.87. The van der Waals surface area contributed by atoms with Crippen LogP contribution in [0, 0.1) is 0 Å². The van der Waals surface area contributed by atoms with Gasteiger partial charge in [-0.25, -0.2) is 4.98 Å². The summed E-state index contributed by atoms with van der Waals surface area (Å²) in [6.45, 7) is 4.91. The van der Waals surface area contributed by atoms with E-state index in [-0.39, 0.29) is 0 Å². The second-order valence-corrected chi connectivity index (χ2v) is 5.78. The average molecular weight is 305 g/mol. The first-order valence-corrected chi connectivity index (χ1v) is 8.43. The molecule has 0 atom stereocenters. The lowest BCUT2D eigenvalue weighted by Crippen LogP contribution is -1.91. The van der Waals surface area contributed by atoms with Crippen molar-refractivity contribution in [3.8, 4) is 17.0 Å². The number of aryl methyl sites for hydroxylation is 1. The molecule has 1 heterocycles. The van der Waals surface area contributed by atoms with Crippen LogP contribution in [0.15, 0.2) is 54.6 Å². The maximum absolute atomic E-state index is 5.49. The molecule has 0 saturated heterocycles. The Kier molecular flexibility index (Phi) is 4.92. The summed E-state index contributed by atoms with van der Waals surface area (Å²) in [6, 6.07) is 19.0. The molecule has 23 heavy (non-hydrogen) atoms. The monoisotopic (exact) mass is 305 g/mol. The molecule has 0 spiro atoms. The van der Waals surface area contributed by atoms with Crippen LogP contribution < -0.4 is 4.74 Å². The number of pyridine rings is 1. The normalized spacial score (nSPS) is 10.9. The van der Waals surface area contributed by atoms with Gasteiger partial charge < -0.3 is 4.74 Å². The fourth-order valence-corrected chi connectivity index (χ4v) is 2.76. The van der Waals surface area contributed by atoms with Crippen molar-refractivity contribution in [1.29, 1.82) is 0 Å². The maximum Gasteiger partial charge on any atom is 0.119 e. The fourth-order valence-electron chi connectivity index (χ4n) is 2.76. The van der Waals surface area contributed by atoms with E-state index in [0.717, 1.165) is 28.9 Å². The van der Waals surface area contributed by atoms with Gasteiger partial charge >= 0.3 is 0 Å². The van der Waals surface area contributed by atoms with Gasteiger partial charge in [-0.1, -0.05) is 25.5 Å². The zero-order valence-electron chi connectivity index (χ0n) is 13.9. The summed E-state index contributed by atoms with van der Waals surface area (Å²) >= 11 is 0. The van der Waals surface area contributed by atoms with Gasteiger partial charge in [0.25, 0.3) is 0 Å². The molecule has 3 rings (SSSR count). The fraction of sp³-hybridized carbons (Fsp3) is 0.286. The van der Waals surface area contributed by atoms with Gasteiger partial charge in [-0.3, -0.25) is 0 Å². The van der Waals surface area contributed by atoms with Crippen LogP contribution in [0.25, 0.3) is 22.2 Å².